The molecule has 0 aromatic heterocycles. The van der Waals surface area contributed by atoms with Gasteiger partial charge < -0.3 is 14.7 Å². The molecule has 3 aliphatic rings. The zero-order valence-electron chi connectivity index (χ0n) is 17.1. The lowest BCUT2D eigenvalue weighted by Crippen LogP contribution is -2.64. The number of fused-ring (bicyclic) bond motifs is 3. The van der Waals surface area contributed by atoms with E-state index in [1.165, 1.54) is 4.90 Å². The molecule has 1 fully saturated rings. The Morgan fingerprint density at radius 3 is 2.57 bits per heavy atom. The van der Waals surface area contributed by atoms with Crippen LogP contribution < -0.4 is 0 Å². The molecule has 1 saturated heterocycles. The minimum absolute atomic E-state index is 0.190. The van der Waals surface area contributed by atoms with E-state index in [0.717, 1.165) is 29.2 Å². The Labute approximate surface area is 165 Å². The van der Waals surface area contributed by atoms with Gasteiger partial charge in [-0.3, -0.25) is 9.69 Å². The first-order valence-corrected chi connectivity index (χ1v) is 9.81. The van der Waals surface area contributed by atoms with Crippen LogP contribution in [0.25, 0.3) is 0 Å². The Morgan fingerprint density at radius 1 is 1.18 bits per heavy atom. The molecule has 7 heteroatoms. The highest BCUT2D eigenvalue weighted by Gasteiger charge is 2.54. The molecule has 1 aromatic carbocycles. The Morgan fingerprint density at radius 2 is 1.89 bits per heavy atom. The SMILES string of the molecule is CCC(C)N1C(C)=CN2C1=NC1C2C(=O)N(Cc2ccccc2C)C(=O)N1C. The minimum atomic E-state index is -0.509. The van der Waals surface area contributed by atoms with Gasteiger partial charge in [0.1, 0.15) is 0 Å². The molecule has 3 heterocycles. The van der Waals surface area contributed by atoms with Gasteiger partial charge in [-0.1, -0.05) is 31.2 Å². The number of hydrogen-bond acceptors (Lipinski definition) is 5. The van der Waals surface area contributed by atoms with Crippen molar-refractivity contribution in [1.29, 1.82) is 0 Å². The lowest BCUT2D eigenvalue weighted by atomic mass is 10.1. The van der Waals surface area contributed by atoms with Gasteiger partial charge in [0.2, 0.25) is 5.96 Å². The van der Waals surface area contributed by atoms with E-state index in [-0.39, 0.29) is 24.5 Å². The third kappa shape index (κ3) is 2.60. The lowest BCUT2D eigenvalue weighted by Gasteiger charge is -2.40. The van der Waals surface area contributed by atoms with E-state index in [0.29, 0.717) is 0 Å². The van der Waals surface area contributed by atoms with Crippen molar-refractivity contribution in [3.8, 4) is 0 Å². The van der Waals surface area contributed by atoms with Crippen molar-refractivity contribution in [2.45, 2.75) is 58.9 Å². The predicted molar refractivity (Wildman–Crippen MR) is 107 cm³/mol. The Hall–Kier alpha value is -2.83. The molecule has 0 bridgehead atoms. The number of amides is 3. The molecular weight excluding hydrogens is 354 g/mol. The second-order valence-electron chi connectivity index (χ2n) is 7.84. The first-order valence-electron chi connectivity index (χ1n) is 9.81. The average molecular weight is 381 g/mol. The van der Waals surface area contributed by atoms with Crippen molar-refractivity contribution in [2.75, 3.05) is 7.05 Å². The molecule has 1 aromatic rings. The van der Waals surface area contributed by atoms with Gasteiger partial charge in [0.25, 0.3) is 5.91 Å². The molecule has 3 atom stereocenters. The number of carbonyl (C=O) groups excluding carboxylic acids is 2. The van der Waals surface area contributed by atoms with Crippen LogP contribution in [-0.4, -0.2) is 62.8 Å². The minimum Gasteiger partial charge on any atom is -0.312 e. The molecule has 3 amide bonds. The normalized spacial score (nSPS) is 25.0. The standard InChI is InChI=1S/C21H27N5O2/c1-6-14(3)26-15(4)11-24-17-18(22-20(24)26)23(5)21(28)25(19(17)27)12-16-10-8-7-9-13(16)2/h7-11,14,17-18H,6,12H2,1-5H3. The maximum absolute atomic E-state index is 13.4. The summed E-state index contributed by atoms with van der Waals surface area (Å²) in [4.78, 5) is 38.2. The number of imide groups is 1. The summed E-state index contributed by atoms with van der Waals surface area (Å²) >= 11 is 0. The van der Waals surface area contributed by atoms with Crippen LogP contribution in [0.2, 0.25) is 0 Å². The highest BCUT2D eigenvalue weighted by Crippen LogP contribution is 2.35. The molecule has 7 nitrogen and oxygen atoms in total. The summed E-state index contributed by atoms with van der Waals surface area (Å²) in [5.41, 5.74) is 3.12. The van der Waals surface area contributed by atoms with Crippen LogP contribution in [0.15, 0.2) is 41.2 Å². The summed E-state index contributed by atoms with van der Waals surface area (Å²) in [5.74, 6) is 0.581. The molecule has 4 rings (SSSR count). The van der Waals surface area contributed by atoms with E-state index >= 15 is 0 Å². The number of nitrogens with zero attached hydrogens (tertiary/aromatic N) is 5. The molecule has 0 spiro atoms. The van der Waals surface area contributed by atoms with E-state index in [4.69, 9.17) is 4.99 Å². The number of likely N-dealkylation sites (N-methyl/N-ethyl adjacent to an activating group) is 1. The lowest BCUT2D eigenvalue weighted by molar-refractivity contribution is -0.137. The Bertz CT molecular complexity index is 893. The van der Waals surface area contributed by atoms with Crippen LogP contribution in [-0.2, 0) is 11.3 Å². The number of urea groups is 1. The molecule has 3 aliphatic heterocycles. The molecule has 0 saturated carbocycles. The fraction of sp³-hybridized carbons (Fsp3) is 0.476. The van der Waals surface area contributed by atoms with Gasteiger partial charge in [-0.05, 0) is 38.3 Å². The number of carbonyl (C=O) groups is 2. The van der Waals surface area contributed by atoms with Gasteiger partial charge in [0.05, 0.1) is 6.54 Å². The molecular formula is C21H27N5O2. The summed E-state index contributed by atoms with van der Waals surface area (Å²) in [5, 5.41) is 0. The fourth-order valence-corrected chi connectivity index (χ4v) is 4.20. The number of allylic oxidation sites excluding steroid dienone is 1. The number of rotatable bonds is 4. The molecule has 0 N–H and O–H groups in total. The zero-order valence-corrected chi connectivity index (χ0v) is 17.1. The second-order valence-corrected chi connectivity index (χ2v) is 7.84. The van der Waals surface area contributed by atoms with Crippen molar-refractivity contribution in [1.82, 2.24) is 19.6 Å². The third-order valence-corrected chi connectivity index (χ3v) is 6.05. The fourth-order valence-electron chi connectivity index (χ4n) is 4.20. The number of benzene rings is 1. The highest BCUT2D eigenvalue weighted by molar-refractivity contribution is 6.04. The third-order valence-electron chi connectivity index (χ3n) is 6.05. The van der Waals surface area contributed by atoms with Crippen molar-refractivity contribution < 1.29 is 9.59 Å². The average Bonchev–Trinajstić information content (AvgIpc) is 3.18. The maximum atomic E-state index is 13.4. The van der Waals surface area contributed by atoms with Crippen molar-refractivity contribution in [3.63, 3.8) is 0 Å². The van der Waals surface area contributed by atoms with Gasteiger partial charge in [-0.2, -0.15) is 0 Å². The highest BCUT2D eigenvalue weighted by atomic mass is 16.2. The molecule has 28 heavy (non-hydrogen) atoms. The van der Waals surface area contributed by atoms with Gasteiger partial charge in [0, 0.05) is 25.0 Å². The van der Waals surface area contributed by atoms with Crippen molar-refractivity contribution in [2.24, 2.45) is 4.99 Å². The summed E-state index contributed by atoms with van der Waals surface area (Å²) < 4.78 is 0. The number of hydrogen-bond donors (Lipinski definition) is 0. The van der Waals surface area contributed by atoms with Crippen LogP contribution >= 0.6 is 0 Å². The van der Waals surface area contributed by atoms with Crippen LogP contribution in [0.5, 0.6) is 0 Å². The van der Waals surface area contributed by atoms with Gasteiger partial charge in [-0.15, -0.1) is 0 Å². The number of aryl methyl sites for hydroxylation is 1. The van der Waals surface area contributed by atoms with Crippen LogP contribution in [0, 0.1) is 6.92 Å². The second kappa shape index (κ2) is 6.65. The summed E-state index contributed by atoms with van der Waals surface area (Å²) in [7, 11) is 1.73. The summed E-state index contributed by atoms with van der Waals surface area (Å²) in [6.45, 7) is 8.59. The van der Waals surface area contributed by atoms with Crippen LogP contribution in [0.3, 0.4) is 0 Å². The van der Waals surface area contributed by atoms with E-state index in [1.807, 2.05) is 49.2 Å². The van der Waals surface area contributed by atoms with Crippen LogP contribution in [0.4, 0.5) is 4.79 Å². The summed E-state index contributed by atoms with van der Waals surface area (Å²) in [6, 6.07) is 7.32. The van der Waals surface area contributed by atoms with E-state index < -0.39 is 12.2 Å². The van der Waals surface area contributed by atoms with E-state index in [2.05, 4.69) is 18.7 Å². The number of aliphatic imine (C=N–C) groups is 1. The quantitative estimate of drug-likeness (QED) is 0.805. The topological polar surface area (TPSA) is 59.5 Å². The first kappa shape index (κ1) is 18.5. The van der Waals surface area contributed by atoms with Gasteiger partial charge in [-0.25, -0.2) is 9.79 Å². The molecule has 0 aliphatic carbocycles. The Kier molecular flexibility index (Phi) is 4.40. The predicted octanol–water partition coefficient (Wildman–Crippen LogP) is 2.73. The summed E-state index contributed by atoms with van der Waals surface area (Å²) in [6.07, 6.45) is 2.47. The van der Waals surface area contributed by atoms with E-state index in [9.17, 15) is 9.59 Å². The van der Waals surface area contributed by atoms with Gasteiger partial charge >= 0.3 is 6.03 Å². The molecule has 3 unspecified atom stereocenters. The zero-order chi connectivity index (χ0) is 20.2. The van der Waals surface area contributed by atoms with Crippen molar-refractivity contribution >= 4 is 17.9 Å². The Balaban J connectivity index is 1.66. The van der Waals surface area contributed by atoms with Gasteiger partial charge in [0.15, 0.2) is 12.2 Å². The largest absolute Gasteiger partial charge is 0.328 e. The number of guanidine groups is 1. The van der Waals surface area contributed by atoms with Crippen LogP contribution in [0.1, 0.15) is 38.3 Å². The smallest absolute Gasteiger partial charge is 0.312 e. The van der Waals surface area contributed by atoms with Crippen molar-refractivity contribution in [3.05, 3.63) is 47.3 Å². The molecule has 148 valence electrons. The molecule has 0 radical (unpaired) electrons. The first-order chi connectivity index (χ1) is 13.3. The maximum Gasteiger partial charge on any atom is 0.328 e. The monoisotopic (exact) mass is 381 g/mol. The van der Waals surface area contributed by atoms with E-state index in [1.54, 1.807) is 11.9 Å².